The van der Waals surface area contributed by atoms with E-state index in [1.54, 1.807) is 23.7 Å². The Bertz CT molecular complexity index is 762. The highest BCUT2D eigenvalue weighted by Crippen LogP contribution is 2.24. The maximum atomic E-state index is 13.1. The van der Waals surface area contributed by atoms with Gasteiger partial charge in [0.05, 0.1) is 0 Å². The summed E-state index contributed by atoms with van der Waals surface area (Å²) in [6, 6.07) is 14.5. The van der Waals surface area contributed by atoms with E-state index in [9.17, 15) is 9.18 Å². The van der Waals surface area contributed by atoms with Gasteiger partial charge in [-0.05, 0) is 48.4 Å². The maximum Gasteiger partial charge on any atom is 0.267 e. The maximum absolute atomic E-state index is 13.1. The summed E-state index contributed by atoms with van der Waals surface area (Å²) >= 11 is 0. The Labute approximate surface area is 145 Å². The van der Waals surface area contributed by atoms with Gasteiger partial charge < -0.3 is 10.2 Å². The number of benzene rings is 2. The Morgan fingerprint density at radius 2 is 1.96 bits per heavy atom. The summed E-state index contributed by atoms with van der Waals surface area (Å²) < 4.78 is 13.1. The van der Waals surface area contributed by atoms with Crippen LogP contribution >= 0.6 is 0 Å². The number of nitrogens with one attached hydrogen (secondary N) is 2. The molecular formula is C19H20FN3O2. The number of hydrogen-bond acceptors (Lipinski definition) is 4. The lowest BCUT2D eigenvalue weighted by molar-refractivity contribution is -0.124. The molecule has 1 fully saturated rings. The third kappa shape index (κ3) is 4.36. The van der Waals surface area contributed by atoms with Gasteiger partial charge in [-0.2, -0.15) is 0 Å². The number of carbonyl (C=O) groups excluding carboxylic acids is 1. The number of amides is 1. The fourth-order valence-electron chi connectivity index (χ4n) is 2.96. The molecule has 1 heterocycles. The number of hydroxylamine groups is 1. The van der Waals surface area contributed by atoms with Gasteiger partial charge in [0.15, 0.2) is 0 Å². The molecule has 0 saturated carbocycles. The van der Waals surface area contributed by atoms with Crippen molar-refractivity contribution in [2.24, 2.45) is 0 Å². The van der Waals surface area contributed by atoms with Crippen LogP contribution < -0.4 is 15.7 Å². The van der Waals surface area contributed by atoms with E-state index in [4.69, 9.17) is 5.21 Å². The minimum Gasteiger partial charge on any atom is -0.380 e. The highest BCUT2D eigenvalue weighted by atomic mass is 19.1. The van der Waals surface area contributed by atoms with Crippen LogP contribution in [0.3, 0.4) is 0 Å². The van der Waals surface area contributed by atoms with Crippen LogP contribution in [0, 0.1) is 5.82 Å². The van der Waals surface area contributed by atoms with Gasteiger partial charge >= 0.3 is 0 Å². The average molecular weight is 341 g/mol. The van der Waals surface area contributed by atoms with E-state index in [1.807, 2.05) is 24.3 Å². The number of anilines is 2. The van der Waals surface area contributed by atoms with Crippen molar-refractivity contribution in [3.8, 4) is 0 Å². The summed E-state index contributed by atoms with van der Waals surface area (Å²) in [4.78, 5) is 13.4. The Hall–Kier alpha value is -2.86. The number of hydrogen-bond donors (Lipinski definition) is 3. The summed E-state index contributed by atoms with van der Waals surface area (Å²) in [6.45, 7) is 1.72. The van der Waals surface area contributed by atoms with Gasteiger partial charge in [0, 0.05) is 36.6 Å². The number of halogens is 1. The quantitative estimate of drug-likeness (QED) is 0.444. The molecule has 3 N–H and O–H groups in total. The molecule has 1 atom stereocenters. The molecule has 1 aliphatic heterocycles. The van der Waals surface area contributed by atoms with Gasteiger partial charge in [-0.3, -0.25) is 10.0 Å². The van der Waals surface area contributed by atoms with E-state index < -0.39 is 5.91 Å². The van der Waals surface area contributed by atoms with Gasteiger partial charge in [0.1, 0.15) is 5.82 Å². The second-order valence-corrected chi connectivity index (χ2v) is 5.95. The summed E-state index contributed by atoms with van der Waals surface area (Å²) in [5.74, 6) is -0.802. The Morgan fingerprint density at radius 1 is 1.20 bits per heavy atom. The standard InChI is InChI=1S/C19H20FN3O2/c20-15-6-8-17(9-7-15)23-12-11-16(13-23)21-18-4-2-1-3-14(18)5-10-19(24)22-25/h1-10,16,21,25H,11-13H2,(H,22,24). The second kappa shape index (κ2) is 7.81. The molecule has 2 aromatic carbocycles. The molecule has 5 nitrogen and oxygen atoms in total. The lowest BCUT2D eigenvalue weighted by Crippen LogP contribution is -2.26. The first kappa shape index (κ1) is 17.0. The molecule has 0 spiro atoms. The number of rotatable bonds is 5. The Kier molecular flexibility index (Phi) is 5.30. The minimum atomic E-state index is -0.571. The van der Waals surface area contributed by atoms with E-state index in [-0.39, 0.29) is 11.9 Å². The first-order chi connectivity index (χ1) is 12.2. The van der Waals surface area contributed by atoms with Crippen molar-refractivity contribution in [3.63, 3.8) is 0 Å². The molecule has 25 heavy (non-hydrogen) atoms. The van der Waals surface area contributed by atoms with E-state index in [2.05, 4.69) is 10.2 Å². The van der Waals surface area contributed by atoms with Gasteiger partial charge in [-0.25, -0.2) is 9.87 Å². The highest BCUT2D eigenvalue weighted by molar-refractivity contribution is 5.91. The van der Waals surface area contributed by atoms with Gasteiger partial charge in [-0.1, -0.05) is 18.2 Å². The van der Waals surface area contributed by atoms with Gasteiger partial charge in [0.2, 0.25) is 0 Å². The molecule has 1 saturated heterocycles. The summed E-state index contributed by atoms with van der Waals surface area (Å²) in [6.07, 6.45) is 3.90. The van der Waals surface area contributed by atoms with Crippen molar-refractivity contribution >= 4 is 23.4 Å². The fraction of sp³-hybridized carbons (Fsp3) is 0.211. The van der Waals surface area contributed by atoms with E-state index in [0.717, 1.165) is 36.4 Å². The van der Waals surface area contributed by atoms with Crippen molar-refractivity contribution in [2.75, 3.05) is 23.3 Å². The van der Waals surface area contributed by atoms with Crippen molar-refractivity contribution in [1.82, 2.24) is 5.48 Å². The predicted molar refractivity (Wildman–Crippen MR) is 96.0 cm³/mol. The van der Waals surface area contributed by atoms with Crippen molar-refractivity contribution < 1.29 is 14.4 Å². The van der Waals surface area contributed by atoms with Crippen LogP contribution in [0.15, 0.2) is 54.6 Å². The first-order valence-electron chi connectivity index (χ1n) is 8.14. The SMILES string of the molecule is O=C(C=Cc1ccccc1NC1CCN(c2ccc(F)cc2)C1)NO. The van der Waals surface area contributed by atoms with Crippen LogP contribution in [-0.2, 0) is 4.79 Å². The van der Waals surface area contributed by atoms with E-state index in [0.29, 0.717) is 0 Å². The topological polar surface area (TPSA) is 64.6 Å². The third-order valence-electron chi connectivity index (χ3n) is 4.22. The van der Waals surface area contributed by atoms with E-state index >= 15 is 0 Å². The monoisotopic (exact) mass is 341 g/mol. The summed E-state index contributed by atoms with van der Waals surface area (Å²) in [5.41, 5.74) is 4.38. The van der Waals surface area contributed by atoms with Crippen LogP contribution in [0.4, 0.5) is 15.8 Å². The third-order valence-corrected chi connectivity index (χ3v) is 4.22. The fourth-order valence-corrected chi connectivity index (χ4v) is 2.96. The number of para-hydroxylation sites is 1. The molecule has 0 radical (unpaired) electrons. The zero-order valence-electron chi connectivity index (χ0n) is 13.7. The van der Waals surface area contributed by atoms with Crippen LogP contribution in [-0.4, -0.2) is 30.2 Å². The Morgan fingerprint density at radius 3 is 2.72 bits per heavy atom. The number of carbonyl (C=O) groups is 1. The lowest BCUT2D eigenvalue weighted by atomic mass is 10.1. The molecule has 1 amide bonds. The van der Waals surface area contributed by atoms with Crippen molar-refractivity contribution in [1.29, 1.82) is 0 Å². The first-order valence-corrected chi connectivity index (χ1v) is 8.14. The zero-order chi connectivity index (χ0) is 17.6. The minimum absolute atomic E-state index is 0.231. The Balaban J connectivity index is 1.66. The molecular weight excluding hydrogens is 321 g/mol. The van der Waals surface area contributed by atoms with Crippen molar-refractivity contribution in [3.05, 3.63) is 66.0 Å². The molecule has 130 valence electrons. The lowest BCUT2D eigenvalue weighted by Gasteiger charge is -2.20. The van der Waals surface area contributed by atoms with Crippen LogP contribution in [0.25, 0.3) is 6.08 Å². The van der Waals surface area contributed by atoms with Crippen LogP contribution in [0.2, 0.25) is 0 Å². The summed E-state index contributed by atoms with van der Waals surface area (Å²) in [7, 11) is 0. The zero-order valence-corrected chi connectivity index (χ0v) is 13.7. The smallest absolute Gasteiger partial charge is 0.267 e. The number of nitrogens with zero attached hydrogens (tertiary/aromatic N) is 1. The highest BCUT2D eigenvalue weighted by Gasteiger charge is 2.23. The average Bonchev–Trinajstić information content (AvgIpc) is 3.10. The molecule has 0 bridgehead atoms. The molecule has 2 aromatic rings. The largest absolute Gasteiger partial charge is 0.380 e. The van der Waals surface area contributed by atoms with E-state index in [1.165, 1.54) is 18.2 Å². The molecule has 6 heteroatoms. The predicted octanol–water partition coefficient (Wildman–Crippen LogP) is 3.04. The van der Waals surface area contributed by atoms with Crippen LogP contribution in [0.1, 0.15) is 12.0 Å². The molecule has 3 rings (SSSR count). The normalized spacial score (nSPS) is 17.0. The van der Waals surface area contributed by atoms with Crippen molar-refractivity contribution in [2.45, 2.75) is 12.5 Å². The van der Waals surface area contributed by atoms with Gasteiger partial charge in [0.25, 0.3) is 5.91 Å². The molecule has 1 unspecified atom stereocenters. The second-order valence-electron chi connectivity index (χ2n) is 5.95. The summed E-state index contributed by atoms with van der Waals surface area (Å²) in [5, 5.41) is 12.1. The molecule has 0 aliphatic carbocycles. The molecule has 1 aliphatic rings. The molecule has 0 aromatic heterocycles. The van der Waals surface area contributed by atoms with Gasteiger partial charge in [-0.15, -0.1) is 0 Å². The van der Waals surface area contributed by atoms with Crippen LogP contribution in [0.5, 0.6) is 0 Å².